The number of nitrogens with one attached hydrogen (secondary N) is 3. The molecule has 0 aliphatic carbocycles. The predicted octanol–water partition coefficient (Wildman–Crippen LogP) is 3.04. The average molecular weight is 403 g/mol. The first-order valence-electron chi connectivity index (χ1n) is 10.0. The highest BCUT2D eigenvalue weighted by Gasteiger charge is 2.09. The number of rotatable bonds is 9. The van der Waals surface area contributed by atoms with Gasteiger partial charge in [-0.3, -0.25) is 0 Å². The van der Waals surface area contributed by atoms with Crippen LogP contribution in [0.2, 0.25) is 0 Å². The Bertz CT molecular complexity index is 1060. The summed E-state index contributed by atoms with van der Waals surface area (Å²) >= 11 is 0. The molecule has 154 valence electrons. The zero-order valence-corrected chi connectivity index (χ0v) is 17.3. The van der Waals surface area contributed by atoms with Crippen molar-refractivity contribution in [3.8, 4) is 11.4 Å². The molecule has 0 fully saturated rings. The van der Waals surface area contributed by atoms with Gasteiger partial charge in [0.25, 0.3) is 0 Å². The highest BCUT2D eigenvalue weighted by Crippen LogP contribution is 2.17. The maximum Gasteiger partial charge on any atom is 0.228 e. The number of para-hydroxylation sites is 2. The summed E-state index contributed by atoms with van der Waals surface area (Å²) in [6.07, 6.45) is 0.741. The Morgan fingerprint density at radius 1 is 0.800 bits per heavy atom. The molecule has 4 rings (SSSR count). The molecular formula is C22H26N8. The van der Waals surface area contributed by atoms with Crippen molar-refractivity contribution < 1.29 is 0 Å². The van der Waals surface area contributed by atoms with Crippen LogP contribution in [0.3, 0.4) is 0 Å². The summed E-state index contributed by atoms with van der Waals surface area (Å²) in [5.41, 5.74) is 2.98. The summed E-state index contributed by atoms with van der Waals surface area (Å²) in [5.74, 6) is 2.69. The maximum atomic E-state index is 4.62. The number of anilines is 2. The Labute approximate surface area is 175 Å². The molecule has 0 saturated carbocycles. The van der Waals surface area contributed by atoms with Crippen molar-refractivity contribution in [1.29, 1.82) is 0 Å². The van der Waals surface area contributed by atoms with Crippen molar-refractivity contribution in [2.45, 2.75) is 6.42 Å². The second-order valence-electron chi connectivity index (χ2n) is 7.28. The van der Waals surface area contributed by atoms with Gasteiger partial charge in [0.15, 0.2) is 5.82 Å². The Hall–Kier alpha value is -3.52. The molecule has 3 N–H and O–H groups in total. The van der Waals surface area contributed by atoms with Crippen molar-refractivity contribution in [3.63, 3.8) is 0 Å². The fraction of sp³-hybridized carbons (Fsp3) is 0.273. The number of imidazole rings is 1. The third-order valence-corrected chi connectivity index (χ3v) is 4.59. The van der Waals surface area contributed by atoms with E-state index in [0.717, 1.165) is 41.9 Å². The molecule has 0 spiro atoms. The van der Waals surface area contributed by atoms with E-state index in [4.69, 9.17) is 0 Å². The van der Waals surface area contributed by atoms with Crippen molar-refractivity contribution in [2.75, 3.05) is 44.4 Å². The monoisotopic (exact) mass is 402 g/mol. The second-order valence-corrected chi connectivity index (χ2v) is 7.28. The molecule has 0 radical (unpaired) electrons. The zero-order chi connectivity index (χ0) is 20.8. The molecule has 2 heterocycles. The van der Waals surface area contributed by atoms with Gasteiger partial charge >= 0.3 is 0 Å². The fourth-order valence-electron chi connectivity index (χ4n) is 3.06. The molecule has 2 aromatic heterocycles. The van der Waals surface area contributed by atoms with Gasteiger partial charge in [0.1, 0.15) is 5.82 Å². The van der Waals surface area contributed by atoms with Gasteiger partial charge in [0.2, 0.25) is 11.9 Å². The Morgan fingerprint density at radius 2 is 1.50 bits per heavy atom. The fourth-order valence-corrected chi connectivity index (χ4v) is 3.06. The molecular weight excluding hydrogens is 376 g/mol. The minimum Gasteiger partial charge on any atom is -0.354 e. The van der Waals surface area contributed by atoms with Crippen LogP contribution in [0.4, 0.5) is 11.9 Å². The van der Waals surface area contributed by atoms with Gasteiger partial charge in [-0.1, -0.05) is 42.5 Å². The van der Waals surface area contributed by atoms with E-state index >= 15 is 0 Å². The van der Waals surface area contributed by atoms with Gasteiger partial charge in [-0.15, -0.1) is 0 Å². The Morgan fingerprint density at radius 3 is 2.23 bits per heavy atom. The Balaban J connectivity index is 1.47. The minimum absolute atomic E-state index is 0.548. The molecule has 30 heavy (non-hydrogen) atoms. The normalized spacial score (nSPS) is 11.2. The summed E-state index contributed by atoms with van der Waals surface area (Å²) in [5, 5.41) is 6.60. The molecule has 0 atom stereocenters. The third-order valence-electron chi connectivity index (χ3n) is 4.59. The van der Waals surface area contributed by atoms with Crippen LogP contribution in [0.15, 0.2) is 54.6 Å². The number of likely N-dealkylation sites (N-methyl/N-ethyl adjacent to an activating group) is 1. The van der Waals surface area contributed by atoms with Crippen LogP contribution in [0.1, 0.15) is 5.82 Å². The molecule has 0 unspecified atom stereocenters. The van der Waals surface area contributed by atoms with E-state index in [-0.39, 0.29) is 0 Å². The highest BCUT2D eigenvalue weighted by molar-refractivity contribution is 5.74. The number of nitrogens with zero attached hydrogens (tertiary/aromatic N) is 5. The van der Waals surface area contributed by atoms with Crippen molar-refractivity contribution in [3.05, 3.63) is 60.4 Å². The summed E-state index contributed by atoms with van der Waals surface area (Å²) in [6.45, 7) is 2.31. The van der Waals surface area contributed by atoms with Crippen molar-refractivity contribution in [1.82, 2.24) is 29.8 Å². The number of aromatic nitrogens is 5. The predicted molar refractivity (Wildman–Crippen MR) is 121 cm³/mol. The lowest BCUT2D eigenvalue weighted by atomic mass is 10.2. The summed E-state index contributed by atoms with van der Waals surface area (Å²) in [7, 11) is 4.07. The van der Waals surface area contributed by atoms with E-state index < -0.39 is 0 Å². The van der Waals surface area contributed by atoms with Crippen LogP contribution in [-0.4, -0.2) is 63.5 Å². The SMILES string of the molecule is CN(C)CCNc1nc(NCCc2nc3ccccc3[nH]2)nc(-c2ccccc2)n1. The van der Waals surface area contributed by atoms with Gasteiger partial charge < -0.3 is 20.5 Å². The van der Waals surface area contributed by atoms with Crippen LogP contribution in [0.5, 0.6) is 0 Å². The van der Waals surface area contributed by atoms with Gasteiger partial charge in [0.05, 0.1) is 11.0 Å². The largest absolute Gasteiger partial charge is 0.354 e. The smallest absolute Gasteiger partial charge is 0.228 e. The van der Waals surface area contributed by atoms with E-state index in [1.807, 2.05) is 68.7 Å². The third kappa shape index (κ3) is 5.09. The molecule has 0 bridgehead atoms. The van der Waals surface area contributed by atoms with Crippen LogP contribution in [-0.2, 0) is 6.42 Å². The summed E-state index contributed by atoms with van der Waals surface area (Å²) in [4.78, 5) is 23.8. The van der Waals surface area contributed by atoms with Crippen molar-refractivity contribution in [2.24, 2.45) is 0 Å². The number of fused-ring (bicyclic) bond motifs is 1. The number of aromatic amines is 1. The van der Waals surface area contributed by atoms with Crippen molar-refractivity contribution >= 4 is 22.9 Å². The van der Waals surface area contributed by atoms with Gasteiger partial charge in [-0.05, 0) is 26.2 Å². The molecule has 8 nitrogen and oxygen atoms in total. The van der Waals surface area contributed by atoms with Crippen LogP contribution in [0.25, 0.3) is 22.4 Å². The summed E-state index contributed by atoms with van der Waals surface area (Å²) in [6, 6.07) is 18.0. The number of benzene rings is 2. The molecule has 8 heteroatoms. The molecule has 0 amide bonds. The standard InChI is InChI=1S/C22H26N8/c1-30(2)15-14-24-22-28-20(16-8-4-3-5-9-16)27-21(29-22)23-13-12-19-25-17-10-6-7-11-18(17)26-19/h3-11H,12-15H2,1-2H3,(H,25,26)(H2,23,24,27,28,29). The van der Waals surface area contributed by atoms with E-state index in [9.17, 15) is 0 Å². The molecule has 4 aromatic rings. The van der Waals surface area contributed by atoms with E-state index in [1.165, 1.54) is 0 Å². The summed E-state index contributed by atoms with van der Waals surface area (Å²) < 4.78 is 0. The van der Waals surface area contributed by atoms with Gasteiger partial charge in [-0.25, -0.2) is 4.98 Å². The lowest BCUT2D eigenvalue weighted by Crippen LogP contribution is -2.22. The second kappa shape index (κ2) is 9.32. The average Bonchev–Trinajstić information content (AvgIpc) is 3.17. The molecule has 0 saturated heterocycles. The van der Waals surface area contributed by atoms with Gasteiger partial charge in [0, 0.05) is 31.6 Å². The first kappa shape index (κ1) is 19.8. The minimum atomic E-state index is 0.548. The quantitative estimate of drug-likeness (QED) is 0.396. The van der Waals surface area contributed by atoms with Gasteiger partial charge in [-0.2, -0.15) is 15.0 Å². The number of H-pyrrole nitrogens is 1. The van der Waals surface area contributed by atoms with Crippen LogP contribution in [0, 0.1) is 0 Å². The topological polar surface area (TPSA) is 94.7 Å². The number of hydrogen-bond donors (Lipinski definition) is 3. The lowest BCUT2D eigenvalue weighted by molar-refractivity contribution is 0.425. The van der Waals surface area contributed by atoms with E-state index in [2.05, 4.69) is 40.5 Å². The van der Waals surface area contributed by atoms with E-state index in [1.54, 1.807) is 0 Å². The van der Waals surface area contributed by atoms with Crippen LogP contribution >= 0.6 is 0 Å². The number of hydrogen-bond acceptors (Lipinski definition) is 7. The van der Waals surface area contributed by atoms with Crippen LogP contribution < -0.4 is 10.6 Å². The maximum absolute atomic E-state index is 4.62. The molecule has 0 aliphatic heterocycles. The molecule has 2 aromatic carbocycles. The molecule has 0 aliphatic rings. The first-order chi connectivity index (χ1) is 14.7. The lowest BCUT2D eigenvalue weighted by Gasteiger charge is -2.12. The van der Waals surface area contributed by atoms with E-state index in [0.29, 0.717) is 24.3 Å². The first-order valence-corrected chi connectivity index (χ1v) is 10.0. The highest BCUT2D eigenvalue weighted by atomic mass is 15.2. The zero-order valence-electron chi connectivity index (χ0n) is 17.3. The Kier molecular flexibility index (Phi) is 6.14.